The summed E-state index contributed by atoms with van der Waals surface area (Å²) in [5, 5.41) is 26.6. The normalized spacial score (nSPS) is 10.9. The third-order valence-corrected chi connectivity index (χ3v) is 11.6. The number of aromatic nitrogens is 10. The maximum Gasteiger partial charge on any atom is 0.413 e. The van der Waals surface area contributed by atoms with Crippen LogP contribution in [0, 0.1) is 41.5 Å². The van der Waals surface area contributed by atoms with Gasteiger partial charge in [0.25, 0.3) is 11.8 Å². The molecule has 7 heterocycles. The first-order valence-electron chi connectivity index (χ1n) is 25.3. The van der Waals surface area contributed by atoms with Gasteiger partial charge in [0, 0.05) is 67.2 Å². The molecule has 4 amide bonds. The average Bonchev–Trinajstić information content (AvgIpc) is 4.19. The Hall–Kier alpha value is -9.29. The van der Waals surface area contributed by atoms with E-state index in [1.807, 2.05) is 91.1 Å². The van der Waals surface area contributed by atoms with Crippen molar-refractivity contribution in [1.29, 1.82) is 0 Å². The van der Waals surface area contributed by atoms with Gasteiger partial charge in [-0.15, -0.1) is 0 Å². The monoisotopic (exact) mass is 1130 g/mol. The van der Waals surface area contributed by atoms with E-state index in [2.05, 4.69) is 66.4 Å². The van der Waals surface area contributed by atoms with Crippen LogP contribution < -0.4 is 32.7 Å². The summed E-state index contributed by atoms with van der Waals surface area (Å²) in [6, 6.07) is 13.2. The number of halogens is 1. The zero-order valence-corrected chi connectivity index (χ0v) is 48.1. The number of nitrogens with two attached hydrogens (primary N) is 2. The lowest BCUT2D eigenvalue weighted by molar-refractivity contribution is 0.0624. The second-order valence-corrected chi connectivity index (χ2v) is 20.8. The molecule has 8 aromatic rings. The van der Waals surface area contributed by atoms with E-state index in [0.717, 1.165) is 66.9 Å². The van der Waals surface area contributed by atoms with Crippen molar-refractivity contribution in [1.82, 2.24) is 60.3 Å². The molecule has 8 rings (SSSR count). The number of aryl methyl sites for hydroxylation is 6. The third-order valence-electron chi connectivity index (χ3n) is 11.4. The van der Waals surface area contributed by atoms with E-state index < -0.39 is 29.4 Å². The molecule has 0 bridgehead atoms. The zero-order valence-electron chi connectivity index (χ0n) is 47.3. The van der Waals surface area contributed by atoms with Crippen LogP contribution in [0.1, 0.15) is 129 Å². The number of carboxylic acid groups (broad SMARTS) is 1. The van der Waals surface area contributed by atoms with Crippen LogP contribution >= 0.6 is 11.6 Å². The number of benzene rings is 1. The quantitative estimate of drug-likeness (QED) is 0.0551. The maximum absolute atomic E-state index is 12.5. The number of pyridine rings is 4. The Labute approximate surface area is 473 Å². The van der Waals surface area contributed by atoms with Gasteiger partial charge in [-0.3, -0.25) is 30.3 Å². The molecule has 0 aliphatic heterocycles. The standard InChI is InChI=1S/C22H21ClN6O.C17H23N5O3.C13H21N3O2.C4H4N2O2/c1-13-5-21(24)28-14(2)18(13)9-26-22(30)20-11-29(12-27-20)10-15-3-4-19-16(6-15)7-17(23)8-25-19;1-10-6-14(22-16(24)25-17(3,4)5)21-11(2)12(10)7-19-15(23)13-8-18-9-20-13;1-8-6-11(15-9(2)10(8)7-14)16-12(17)18-13(3,4)5;7-4(8)3-1-5-6-2-3/h3-8,11-12H,9-10H2,1-2H3,(H2,24,28)(H,26,30);6,8-9H,7H2,1-5H3,(H,18,20)(H,19,23)(H,21,22,24);6H,7,14H2,1-5H3,(H,15,16,17);1-2H,(H,5,6)(H,7,8). The number of imidazole rings is 2. The number of anilines is 3. The smallest absolute Gasteiger partial charge is 0.413 e. The van der Waals surface area contributed by atoms with E-state index in [9.17, 15) is 24.0 Å². The van der Waals surface area contributed by atoms with Gasteiger partial charge in [0.1, 0.15) is 40.0 Å². The van der Waals surface area contributed by atoms with E-state index in [0.29, 0.717) is 60.0 Å². The molecule has 0 saturated heterocycles. The fourth-order valence-electron chi connectivity index (χ4n) is 7.69. The van der Waals surface area contributed by atoms with Crippen molar-refractivity contribution >= 4 is 69.9 Å². The lowest BCUT2D eigenvalue weighted by Crippen LogP contribution is -2.28. The van der Waals surface area contributed by atoms with Crippen LogP contribution in [0.2, 0.25) is 5.02 Å². The van der Waals surface area contributed by atoms with Gasteiger partial charge in [-0.05, 0) is 158 Å². The Morgan fingerprint density at radius 2 is 1.28 bits per heavy atom. The van der Waals surface area contributed by atoms with Gasteiger partial charge in [0.15, 0.2) is 0 Å². The van der Waals surface area contributed by atoms with Crippen molar-refractivity contribution in [2.75, 3.05) is 16.4 Å². The first-order chi connectivity index (χ1) is 38.1. The number of carbonyl (C=O) groups is 5. The molecule has 0 saturated carbocycles. The molecule has 428 valence electrons. The van der Waals surface area contributed by atoms with Crippen LogP contribution in [-0.2, 0) is 35.7 Å². The van der Waals surface area contributed by atoms with Crippen LogP contribution in [-0.4, -0.2) is 95.9 Å². The molecule has 25 heteroatoms. The molecule has 0 unspecified atom stereocenters. The number of carboxylic acids is 1. The number of rotatable bonds is 12. The number of nitrogens with zero attached hydrogens (tertiary/aromatic N) is 8. The van der Waals surface area contributed by atoms with Gasteiger partial charge in [-0.1, -0.05) is 17.7 Å². The first-order valence-corrected chi connectivity index (χ1v) is 25.7. The minimum Gasteiger partial charge on any atom is -0.478 e. The van der Waals surface area contributed by atoms with Gasteiger partial charge in [-0.2, -0.15) is 5.10 Å². The molecule has 0 aliphatic rings. The number of aromatic carboxylic acids is 1. The number of amides is 4. The van der Waals surface area contributed by atoms with E-state index in [4.69, 9.17) is 37.6 Å². The largest absolute Gasteiger partial charge is 0.478 e. The van der Waals surface area contributed by atoms with Crippen LogP contribution in [0.15, 0.2) is 86.1 Å². The Kier molecular flexibility index (Phi) is 21.6. The summed E-state index contributed by atoms with van der Waals surface area (Å²) in [6.45, 7) is 23.9. The predicted molar refractivity (Wildman–Crippen MR) is 308 cm³/mol. The van der Waals surface area contributed by atoms with Gasteiger partial charge >= 0.3 is 18.2 Å². The second kappa shape index (κ2) is 28.0. The number of hydrogen-bond acceptors (Lipinski definition) is 16. The van der Waals surface area contributed by atoms with Crippen LogP contribution in [0.25, 0.3) is 10.9 Å². The fraction of sp³-hybridized carbons (Fsp3) is 0.321. The van der Waals surface area contributed by atoms with Gasteiger partial charge < -0.3 is 46.2 Å². The summed E-state index contributed by atoms with van der Waals surface area (Å²) in [6.07, 6.45) is 9.44. The summed E-state index contributed by atoms with van der Waals surface area (Å²) < 4.78 is 12.2. The highest BCUT2D eigenvalue weighted by Gasteiger charge is 2.20. The number of aromatic amines is 2. The predicted octanol–water partition coefficient (Wildman–Crippen LogP) is 8.97. The Bertz CT molecular complexity index is 3410. The molecule has 7 aromatic heterocycles. The number of ether oxygens (including phenoxy) is 2. The molecular formula is C56H69ClN16O8. The molecule has 0 atom stereocenters. The number of hydrogen-bond donors (Lipinski definition) is 9. The number of nitrogens with one attached hydrogen (secondary N) is 6. The number of carbonyl (C=O) groups excluding carboxylic acids is 4. The van der Waals surface area contributed by atoms with Crippen molar-refractivity contribution in [3.05, 3.63) is 164 Å². The van der Waals surface area contributed by atoms with Crippen molar-refractivity contribution in [3.63, 3.8) is 0 Å². The minimum atomic E-state index is -0.959. The van der Waals surface area contributed by atoms with Crippen molar-refractivity contribution < 1.29 is 38.6 Å². The second-order valence-electron chi connectivity index (χ2n) is 20.4. The van der Waals surface area contributed by atoms with Crippen LogP contribution in [0.5, 0.6) is 0 Å². The molecule has 0 fully saturated rings. The Morgan fingerprint density at radius 3 is 1.78 bits per heavy atom. The lowest BCUT2D eigenvalue weighted by atomic mass is 10.1. The van der Waals surface area contributed by atoms with Crippen LogP contribution in [0.4, 0.5) is 27.0 Å². The molecular weight excluding hydrogens is 1060 g/mol. The Morgan fingerprint density at radius 1 is 0.716 bits per heavy atom. The highest BCUT2D eigenvalue weighted by molar-refractivity contribution is 6.31. The topological polar surface area (TPSA) is 351 Å². The van der Waals surface area contributed by atoms with Crippen molar-refractivity contribution in [2.24, 2.45) is 5.73 Å². The maximum atomic E-state index is 12.5. The summed E-state index contributed by atoms with van der Waals surface area (Å²) in [5.41, 5.74) is 21.3. The van der Waals surface area contributed by atoms with Crippen molar-refractivity contribution in [3.8, 4) is 0 Å². The van der Waals surface area contributed by atoms with Gasteiger partial charge in [0.2, 0.25) is 0 Å². The summed E-state index contributed by atoms with van der Waals surface area (Å²) in [7, 11) is 0. The van der Waals surface area contributed by atoms with E-state index in [1.165, 1.54) is 24.9 Å². The summed E-state index contributed by atoms with van der Waals surface area (Å²) >= 11 is 6.04. The van der Waals surface area contributed by atoms with Gasteiger partial charge in [-0.25, -0.2) is 39.3 Å². The number of fused-ring (bicyclic) bond motifs is 1. The zero-order chi connectivity index (χ0) is 59.8. The molecule has 0 spiro atoms. The molecule has 0 radical (unpaired) electrons. The highest BCUT2D eigenvalue weighted by atomic mass is 35.5. The SMILES string of the molecule is Cc1cc(N)nc(C)c1CNC(=O)c1cn(Cc2ccc3ncc(Cl)cc3c2)cn1.Cc1cc(NC(=O)OC(C)(C)C)nc(C)c1CN.Cc1cc(NC(=O)OC(C)(C)C)nc(C)c1CNC(=O)c1cnc[nH]1.O=C(O)c1cn[nH]c1. The number of nitrogen functional groups attached to an aromatic ring is 1. The first kappa shape index (κ1) is 62.6. The number of H-pyrrole nitrogens is 2. The fourth-order valence-corrected chi connectivity index (χ4v) is 7.86. The average molecular weight is 1130 g/mol. The van der Waals surface area contributed by atoms with E-state index >= 15 is 0 Å². The minimum absolute atomic E-state index is 0.185. The highest BCUT2D eigenvalue weighted by Crippen LogP contribution is 2.22. The Balaban J connectivity index is 0.000000213. The molecule has 81 heavy (non-hydrogen) atoms. The molecule has 0 aliphatic carbocycles. The van der Waals surface area contributed by atoms with Crippen LogP contribution in [0.3, 0.4) is 0 Å². The molecule has 11 N–H and O–H groups in total. The van der Waals surface area contributed by atoms with E-state index in [-0.39, 0.29) is 17.4 Å². The molecule has 1 aromatic carbocycles. The lowest BCUT2D eigenvalue weighted by Gasteiger charge is -2.20. The summed E-state index contributed by atoms with van der Waals surface area (Å²) in [4.78, 5) is 86.0. The summed E-state index contributed by atoms with van der Waals surface area (Å²) in [5.74, 6) is -0.0696. The van der Waals surface area contributed by atoms with Crippen molar-refractivity contribution in [2.45, 2.75) is 120 Å². The van der Waals surface area contributed by atoms with Gasteiger partial charge in [0.05, 0.1) is 41.2 Å². The molecule has 24 nitrogen and oxygen atoms in total. The van der Waals surface area contributed by atoms with E-state index in [1.54, 1.807) is 57.7 Å². The third kappa shape index (κ3) is 19.8.